The lowest BCUT2D eigenvalue weighted by Gasteiger charge is -2.30. The van der Waals surface area contributed by atoms with Crippen molar-refractivity contribution in [2.45, 2.75) is 25.1 Å². The van der Waals surface area contributed by atoms with E-state index in [4.69, 9.17) is 11.6 Å². The number of benzene rings is 1. The number of nitrogens with one attached hydrogen (secondary N) is 1. The second-order valence-electron chi connectivity index (χ2n) is 6.64. The molecule has 0 radical (unpaired) electrons. The summed E-state index contributed by atoms with van der Waals surface area (Å²) in [6.45, 7) is 1.16. The zero-order valence-electron chi connectivity index (χ0n) is 14.8. The van der Waals surface area contributed by atoms with Crippen molar-refractivity contribution in [3.8, 4) is 0 Å². The predicted octanol–water partition coefficient (Wildman–Crippen LogP) is 2.59. The van der Waals surface area contributed by atoms with Crippen molar-refractivity contribution in [2.24, 2.45) is 5.92 Å². The number of sulfonamides is 1. The molecule has 0 bridgehead atoms. The van der Waals surface area contributed by atoms with Gasteiger partial charge in [-0.15, -0.1) is 0 Å². The van der Waals surface area contributed by atoms with Gasteiger partial charge in [-0.05, 0) is 42.2 Å². The zero-order chi connectivity index (χ0) is 19.3. The van der Waals surface area contributed by atoms with E-state index in [0.29, 0.717) is 43.1 Å². The molecule has 0 spiro atoms. The smallest absolute Gasteiger partial charge is 0.223 e. The van der Waals surface area contributed by atoms with Crippen LogP contribution in [0.2, 0.25) is 5.02 Å². The summed E-state index contributed by atoms with van der Waals surface area (Å²) in [5, 5.41) is 3.49. The van der Waals surface area contributed by atoms with Crippen molar-refractivity contribution in [3.63, 3.8) is 0 Å². The molecule has 0 unspecified atom stereocenters. The molecule has 1 saturated heterocycles. The second-order valence-corrected chi connectivity index (χ2v) is 9.04. The summed E-state index contributed by atoms with van der Waals surface area (Å²) in [5.74, 6) is -0.251. The van der Waals surface area contributed by atoms with Gasteiger partial charge in [0.05, 0.1) is 5.75 Å². The summed E-state index contributed by atoms with van der Waals surface area (Å²) in [6.07, 6.45) is 4.45. The number of halogens is 1. The molecule has 1 aliphatic heterocycles. The molecule has 0 saturated carbocycles. The van der Waals surface area contributed by atoms with Gasteiger partial charge in [-0.1, -0.05) is 29.8 Å². The van der Waals surface area contributed by atoms with E-state index < -0.39 is 10.0 Å². The van der Waals surface area contributed by atoms with Gasteiger partial charge in [0.2, 0.25) is 15.9 Å². The molecule has 1 aromatic carbocycles. The fourth-order valence-electron chi connectivity index (χ4n) is 3.11. The van der Waals surface area contributed by atoms with Gasteiger partial charge < -0.3 is 5.32 Å². The van der Waals surface area contributed by atoms with Crippen LogP contribution < -0.4 is 5.32 Å². The van der Waals surface area contributed by atoms with Gasteiger partial charge in [-0.2, -0.15) is 0 Å². The third-order valence-electron chi connectivity index (χ3n) is 4.67. The normalized spacial score (nSPS) is 16.2. The van der Waals surface area contributed by atoms with Gasteiger partial charge in [-0.25, -0.2) is 12.7 Å². The Kier molecular flexibility index (Phi) is 6.46. The third-order valence-corrected chi connectivity index (χ3v) is 6.77. The van der Waals surface area contributed by atoms with E-state index in [2.05, 4.69) is 10.3 Å². The highest BCUT2D eigenvalue weighted by molar-refractivity contribution is 7.88. The van der Waals surface area contributed by atoms with Crippen molar-refractivity contribution in [1.82, 2.24) is 14.6 Å². The Labute approximate surface area is 164 Å². The molecule has 1 amide bonds. The highest BCUT2D eigenvalue weighted by atomic mass is 35.5. The summed E-state index contributed by atoms with van der Waals surface area (Å²) < 4.78 is 26.7. The van der Waals surface area contributed by atoms with E-state index in [1.54, 1.807) is 36.7 Å². The maximum absolute atomic E-state index is 12.6. The molecule has 2 aromatic rings. The number of amides is 1. The molecule has 1 aromatic heterocycles. The maximum atomic E-state index is 12.6. The van der Waals surface area contributed by atoms with Crippen molar-refractivity contribution < 1.29 is 13.2 Å². The number of rotatable bonds is 6. The van der Waals surface area contributed by atoms with Crippen LogP contribution in [0.25, 0.3) is 0 Å². The minimum absolute atomic E-state index is 0.0337. The fraction of sp³-hybridized carbons (Fsp3) is 0.368. The number of nitrogens with zero attached hydrogens (tertiary/aromatic N) is 2. The van der Waals surface area contributed by atoms with Gasteiger partial charge in [0.25, 0.3) is 0 Å². The minimum Gasteiger partial charge on any atom is -0.352 e. The molecule has 8 heteroatoms. The summed E-state index contributed by atoms with van der Waals surface area (Å²) >= 11 is 5.84. The first-order chi connectivity index (χ1) is 12.9. The Bertz CT molecular complexity index is 865. The predicted molar refractivity (Wildman–Crippen MR) is 104 cm³/mol. The second kappa shape index (κ2) is 8.82. The van der Waals surface area contributed by atoms with Crippen LogP contribution in [0.1, 0.15) is 24.0 Å². The minimum atomic E-state index is -3.40. The largest absolute Gasteiger partial charge is 0.352 e. The van der Waals surface area contributed by atoms with E-state index in [0.717, 1.165) is 5.56 Å². The first kappa shape index (κ1) is 19.8. The van der Waals surface area contributed by atoms with Crippen LogP contribution in [0.3, 0.4) is 0 Å². The van der Waals surface area contributed by atoms with E-state index in [1.165, 1.54) is 4.31 Å². The van der Waals surface area contributed by atoms with Crippen LogP contribution in [0.15, 0.2) is 48.8 Å². The monoisotopic (exact) mass is 407 g/mol. The Balaban J connectivity index is 1.50. The average molecular weight is 408 g/mol. The van der Waals surface area contributed by atoms with Gasteiger partial charge in [0.1, 0.15) is 0 Å². The van der Waals surface area contributed by atoms with Crippen molar-refractivity contribution in [3.05, 3.63) is 64.9 Å². The molecule has 6 nitrogen and oxygen atoms in total. The summed E-state index contributed by atoms with van der Waals surface area (Å²) in [7, 11) is -3.40. The van der Waals surface area contributed by atoms with Gasteiger partial charge in [0, 0.05) is 43.0 Å². The number of carbonyl (C=O) groups is 1. The van der Waals surface area contributed by atoms with E-state index >= 15 is 0 Å². The van der Waals surface area contributed by atoms with E-state index in [1.807, 2.05) is 12.1 Å². The van der Waals surface area contributed by atoms with Crippen LogP contribution in [0.4, 0.5) is 0 Å². The Morgan fingerprint density at radius 2 is 1.85 bits per heavy atom. The summed E-state index contributed by atoms with van der Waals surface area (Å²) in [5.41, 5.74) is 1.64. The lowest BCUT2D eigenvalue weighted by molar-refractivity contribution is -0.126. The first-order valence-electron chi connectivity index (χ1n) is 8.83. The van der Waals surface area contributed by atoms with Gasteiger partial charge >= 0.3 is 0 Å². The average Bonchev–Trinajstić information content (AvgIpc) is 2.69. The number of pyridine rings is 1. The molecule has 27 heavy (non-hydrogen) atoms. The van der Waals surface area contributed by atoms with Crippen molar-refractivity contribution in [2.75, 3.05) is 13.1 Å². The maximum Gasteiger partial charge on any atom is 0.223 e. The summed E-state index contributed by atoms with van der Waals surface area (Å²) in [4.78, 5) is 16.4. The molecule has 0 atom stereocenters. The molecule has 1 N–H and O–H groups in total. The van der Waals surface area contributed by atoms with Gasteiger partial charge in [-0.3, -0.25) is 9.78 Å². The molecular weight excluding hydrogens is 386 g/mol. The number of piperidine rings is 1. The lowest BCUT2D eigenvalue weighted by atomic mass is 9.97. The zero-order valence-corrected chi connectivity index (χ0v) is 16.4. The third kappa shape index (κ3) is 5.51. The Morgan fingerprint density at radius 1 is 1.15 bits per heavy atom. The lowest BCUT2D eigenvalue weighted by Crippen LogP contribution is -2.43. The fourth-order valence-corrected chi connectivity index (χ4v) is 4.80. The molecule has 144 valence electrons. The number of hydrogen-bond acceptors (Lipinski definition) is 4. The molecule has 2 heterocycles. The quantitative estimate of drug-likeness (QED) is 0.798. The standard InChI is InChI=1S/C19H22ClN3O3S/c20-18-5-3-15(4-6-18)14-27(25,26)23-10-7-17(8-11-23)19(24)22-13-16-2-1-9-21-12-16/h1-6,9,12,17H,7-8,10-11,13-14H2,(H,22,24). The van der Waals surface area contributed by atoms with Crippen LogP contribution >= 0.6 is 11.6 Å². The highest BCUT2D eigenvalue weighted by Gasteiger charge is 2.31. The molecule has 1 fully saturated rings. The van der Waals surface area contributed by atoms with Crippen molar-refractivity contribution >= 4 is 27.5 Å². The molecular formula is C19H22ClN3O3S. The van der Waals surface area contributed by atoms with Crippen LogP contribution in [-0.2, 0) is 27.1 Å². The molecule has 3 rings (SSSR count). The number of hydrogen-bond donors (Lipinski definition) is 1. The van der Waals surface area contributed by atoms with E-state index in [9.17, 15) is 13.2 Å². The summed E-state index contributed by atoms with van der Waals surface area (Å²) in [6, 6.07) is 10.5. The topological polar surface area (TPSA) is 79.4 Å². The van der Waals surface area contributed by atoms with Crippen LogP contribution in [-0.4, -0.2) is 36.7 Å². The number of carbonyl (C=O) groups excluding carboxylic acids is 1. The SMILES string of the molecule is O=C(NCc1cccnc1)C1CCN(S(=O)(=O)Cc2ccc(Cl)cc2)CC1. The Hall–Kier alpha value is -1.96. The van der Waals surface area contributed by atoms with Crippen LogP contribution in [0.5, 0.6) is 0 Å². The highest BCUT2D eigenvalue weighted by Crippen LogP contribution is 2.22. The first-order valence-corrected chi connectivity index (χ1v) is 10.8. The number of aromatic nitrogens is 1. The van der Waals surface area contributed by atoms with E-state index in [-0.39, 0.29) is 17.6 Å². The molecule has 1 aliphatic rings. The van der Waals surface area contributed by atoms with Gasteiger partial charge in [0.15, 0.2) is 0 Å². The Morgan fingerprint density at radius 3 is 2.48 bits per heavy atom. The molecule has 0 aliphatic carbocycles. The van der Waals surface area contributed by atoms with Crippen LogP contribution in [0, 0.1) is 5.92 Å². The van der Waals surface area contributed by atoms with Crippen molar-refractivity contribution in [1.29, 1.82) is 0 Å².